The van der Waals surface area contributed by atoms with E-state index in [0.29, 0.717) is 5.92 Å². The first-order valence-corrected chi connectivity index (χ1v) is 5.59. The normalized spacial score (nSPS) is 18.6. The Morgan fingerprint density at radius 1 is 1.50 bits per heavy atom. The van der Waals surface area contributed by atoms with Crippen molar-refractivity contribution in [1.82, 2.24) is 15.5 Å². The van der Waals surface area contributed by atoms with Gasteiger partial charge in [-0.15, -0.1) is 0 Å². The predicted octanol–water partition coefficient (Wildman–Crippen LogP) is 1.87. The Hall–Kier alpha value is -1.36. The fourth-order valence-electron chi connectivity index (χ4n) is 1.88. The van der Waals surface area contributed by atoms with Gasteiger partial charge >= 0.3 is 0 Å². The van der Waals surface area contributed by atoms with E-state index in [1.165, 1.54) is 0 Å². The third-order valence-electron chi connectivity index (χ3n) is 2.77. The maximum Gasteiger partial charge on any atom is 0.111 e. The smallest absolute Gasteiger partial charge is 0.111 e. The van der Waals surface area contributed by atoms with Crippen molar-refractivity contribution >= 4 is 12.0 Å². The van der Waals surface area contributed by atoms with Gasteiger partial charge in [0.25, 0.3) is 0 Å². The molecule has 0 aromatic carbocycles. The Balaban J connectivity index is 2.24. The highest BCUT2D eigenvalue weighted by atomic mass is 16.5. The highest BCUT2D eigenvalue weighted by Gasteiger charge is 2.23. The monoisotopic (exact) mass is 222 g/mol. The Morgan fingerprint density at radius 3 is 3.00 bits per heavy atom. The lowest BCUT2D eigenvalue weighted by atomic mass is 10.0. The number of aromatic amines is 1. The molecule has 5 nitrogen and oxygen atoms in total. The molecule has 88 valence electrons. The van der Waals surface area contributed by atoms with Gasteiger partial charge in [-0.2, -0.15) is 5.10 Å². The summed E-state index contributed by atoms with van der Waals surface area (Å²) < 4.78 is 5.10. The number of aromatic nitrogens is 2. The second-order valence-corrected chi connectivity index (χ2v) is 4.28. The van der Waals surface area contributed by atoms with Crippen LogP contribution in [0.1, 0.15) is 43.6 Å². The summed E-state index contributed by atoms with van der Waals surface area (Å²) in [5, 5.41) is 10.6. The molecule has 2 N–H and O–H groups in total. The number of methoxy groups -OCH3 is 1. The van der Waals surface area contributed by atoms with Crippen LogP contribution in [0.2, 0.25) is 0 Å². The van der Waals surface area contributed by atoms with E-state index in [4.69, 9.17) is 4.74 Å². The van der Waals surface area contributed by atoms with Crippen LogP contribution in [-0.2, 0) is 4.74 Å². The van der Waals surface area contributed by atoms with Crippen LogP contribution < -0.4 is 5.32 Å². The van der Waals surface area contributed by atoms with Crippen molar-refractivity contribution in [2.45, 2.75) is 32.2 Å². The molecule has 1 atom stereocenters. The summed E-state index contributed by atoms with van der Waals surface area (Å²) in [6, 6.07) is 0.229. The SMILES string of the molecule is COCCC1NC=Nc2c(C(C)C)n[nH]c21. The molecule has 5 heteroatoms. The average molecular weight is 222 g/mol. The van der Waals surface area contributed by atoms with E-state index in [1.54, 1.807) is 13.4 Å². The lowest BCUT2D eigenvalue weighted by molar-refractivity contribution is 0.185. The lowest BCUT2D eigenvalue weighted by Gasteiger charge is -2.19. The topological polar surface area (TPSA) is 62.3 Å². The van der Waals surface area contributed by atoms with Gasteiger partial charge in [0.1, 0.15) is 5.69 Å². The van der Waals surface area contributed by atoms with Gasteiger partial charge in [-0.05, 0) is 12.3 Å². The Bertz CT molecular complexity index is 383. The zero-order chi connectivity index (χ0) is 11.5. The standard InChI is InChI=1S/C11H18N4O/c1-7(2)9-11-10(15-14-9)8(4-5-16-3)12-6-13-11/h6-8H,4-5H2,1-3H3,(H,12,13)(H,14,15). The minimum absolute atomic E-state index is 0.229. The number of fused-ring (bicyclic) bond motifs is 1. The number of rotatable bonds is 4. The summed E-state index contributed by atoms with van der Waals surface area (Å²) in [5.41, 5.74) is 3.10. The van der Waals surface area contributed by atoms with Crippen molar-refractivity contribution in [2.24, 2.45) is 4.99 Å². The highest BCUT2D eigenvalue weighted by molar-refractivity contribution is 5.68. The van der Waals surface area contributed by atoms with E-state index >= 15 is 0 Å². The predicted molar refractivity (Wildman–Crippen MR) is 63.2 cm³/mol. The number of ether oxygens (including phenoxy) is 1. The van der Waals surface area contributed by atoms with E-state index in [1.807, 2.05) is 0 Å². The zero-order valence-corrected chi connectivity index (χ0v) is 9.95. The first kappa shape index (κ1) is 11.1. The molecule has 0 bridgehead atoms. The fraction of sp³-hybridized carbons (Fsp3) is 0.636. The van der Waals surface area contributed by atoms with Crippen LogP contribution in [0.5, 0.6) is 0 Å². The van der Waals surface area contributed by atoms with Gasteiger partial charge in [-0.3, -0.25) is 5.10 Å². The van der Waals surface area contributed by atoms with Gasteiger partial charge in [0.05, 0.1) is 23.8 Å². The van der Waals surface area contributed by atoms with E-state index in [-0.39, 0.29) is 6.04 Å². The molecule has 1 unspecified atom stereocenters. The second-order valence-electron chi connectivity index (χ2n) is 4.28. The first-order chi connectivity index (χ1) is 7.74. The van der Waals surface area contributed by atoms with E-state index in [0.717, 1.165) is 30.1 Å². The number of nitrogens with zero attached hydrogens (tertiary/aromatic N) is 2. The summed E-state index contributed by atoms with van der Waals surface area (Å²) in [5.74, 6) is 0.387. The molecule has 0 radical (unpaired) electrons. The van der Waals surface area contributed by atoms with Crippen molar-refractivity contribution in [2.75, 3.05) is 13.7 Å². The van der Waals surface area contributed by atoms with E-state index in [9.17, 15) is 0 Å². The third kappa shape index (κ3) is 1.95. The molecule has 1 aromatic heterocycles. The zero-order valence-electron chi connectivity index (χ0n) is 9.95. The molecule has 2 rings (SSSR count). The van der Waals surface area contributed by atoms with Crippen LogP contribution in [0.3, 0.4) is 0 Å². The van der Waals surface area contributed by atoms with Gasteiger partial charge in [0, 0.05) is 13.7 Å². The quantitative estimate of drug-likeness (QED) is 0.817. The summed E-state index contributed by atoms with van der Waals surface area (Å²) in [6.45, 7) is 4.97. The molecule has 1 aliphatic heterocycles. The summed E-state index contributed by atoms with van der Waals surface area (Å²) >= 11 is 0. The van der Waals surface area contributed by atoms with Gasteiger partial charge < -0.3 is 10.1 Å². The number of nitrogens with one attached hydrogen (secondary N) is 2. The maximum atomic E-state index is 5.10. The molecule has 2 heterocycles. The number of hydrogen-bond acceptors (Lipinski definition) is 4. The van der Waals surface area contributed by atoms with Crippen LogP contribution in [0, 0.1) is 0 Å². The highest BCUT2D eigenvalue weighted by Crippen LogP contribution is 2.34. The largest absolute Gasteiger partial charge is 0.385 e. The molecular formula is C11H18N4O. The average Bonchev–Trinajstić information content (AvgIpc) is 2.70. The summed E-state index contributed by atoms with van der Waals surface area (Å²) in [6.07, 6.45) is 2.67. The number of aliphatic imine (C=N–C) groups is 1. The van der Waals surface area contributed by atoms with Crippen molar-refractivity contribution in [3.8, 4) is 0 Å². The van der Waals surface area contributed by atoms with Crippen molar-refractivity contribution in [3.63, 3.8) is 0 Å². The summed E-state index contributed by atoms with van der Waals surface area (Å²) in [7, 11) is 1.71. The molecule has 1 aromatic rings. The van der Waals surface area contributed by atoms with Gasteiger partial charge in [0.15, 0.2) is 0 Å². The number of H-pyrrole nitrogens is 1. The minimum Gasteiger partial charge on any atom is -0.385 e. The minimum atomic E-state index is 0.229. The Labute approximate surface area is 95.3 Å². The number of hydrogen-bond donors (Lipinski definition) is 2. The van der Waals surface area contributed by atoms with Crippen molar-refractivity contribution < 1.29 is 4.74 Å². The molecule has 0 amide bonds. The lowest BCUT2D eigenvalue weighted by Crippen LogP contribution is -2.24. The molecule has 0 saturated carbocycles. The van der Waals surface area contributed by atoms with E-state index in [2.05, 4.69) is 34.4 Å². The van der Waals surface area contributed by atoms with Crippen LogP contribution in [-0.4, -0.2) is 30.3 Å². The van der Waals surface area contributed by atoms with Crippen LogP contribution in [0.25, 0.3) is 0 Å². The van der Waals surface area contributed by atoms with Gasteiger partial charge in [0.2, 0.25) is 0 Å². The van der Waals surface area contributed by atoms with Crippen LogP contribution >= 0.6 is 0 Å². The Morgan fingerprint density at radius 2 is 2.31 bits per heavy atom. The molecule has 16 heavy (non-hydrogen) atoms. The molecule has 0 aliphatic carbocycles. The molecule has 0 fully saturated rings. The van der Waals surface area contributed by atoms with Crippen molar-refractivity contribution in [1.29, 1.82) is 0 Å². The first-order valence-electron chi connectivity index (χ1n) is 5.59. The molecule has 1 aliphatic rings. The van der Waals surface area contributed by atoms with Crippen LogP contribution in [0.4, 0.5) is 5.69 Å². The van der Waals surface area contributed by atoms with Crippen LogP contribution in [0.15, 0.2) is 4.99 Å². The molecular weight excluding hydrogens is 204 g/mol. The third-order valence-corrected chi connectivity index (χ3v) is 2.77. The van der Waals surface area contributed by atoms with E-state index < -0.39 is 0 Å². The molecule has 0 spiro atoms. The van der Waals surface area contributed by atoms with Gasteiger partial charge in [-0.25, -0.2) is 4.99 Å². The molecule has 0 saturated heterocycles. The van der Waals surface area contributed by atoms with Gasteiger partial charge in [-0.1, -0.05) is 13.8 Å². The maximum absolute atomic E-state index is 5.10. The second kappa shape index (κ2) is 4.65. The summed E-state index contributed by atoms with van der Waals surface area (Å²) in [4.78, 5) is 4.36. The Kier molecular flexibility index (Phi) is 3.24. The fourth-order valence-corrected chi connectivity index (χ4v) is 1.88. The van der Waals surface area contributed by atoms with Crippen molar-refractivity contribution in [3.05, 3.63) is 11.4 Å².